The van der Waals surface area contributed by atoms with E-state index >= 15 is 0 Å². The van der Waals surface area contributed by atoms with Gasteiger partial charge in [-0.3, -0.25) is 4.79 Å². The van der Waals surface area contributed by atoms with Crippen molar-refractivity contribution in [1.29, 1.82) is 0 Å². The molecular weight excluding hydrogens is 273 g/mol. The molecule has 0 bridgehead atoms. The van der Waals surface area contributed by atoms with Crippen LogP contribution in [0, 0.1) is 0 Å². The van der Waals surface area contributed by atoms with Crippen LogP contribution in [0.1, 0.15) is 12.0 Å². The molecule has 1 aromatic carbocycles. The Labute approximate surface area is 110 Å². The Morgan fingerprint density at radius 1 is 1.32 bits per heavy atom. The highest BCUT2D eigenvalue weighted by Crippen LogP contribution is 2.26. The van der Waals surface area contributed by atoms with Crippen LogP contribution in [0.4, 0.5) is 9.57 Å². The number of amides is 1. The number of aliphatic hydroxyl groups excluding tert-OH is 1. The predicted molar refractivity (Wildman–Crippen MR) is 68.0 cm³/mol. The Hall–Kier alpha value is -1.47. The molecule has 1 aliphatic heterocycles. The van der Waals surface area contributed by atoms with Crippen molar-refractivity contribution in [3.8, 4) is 0 Å². The topological polar surface area (TPSA) is 74.7 Å². The van der Waals surface area contributed by atoms with Crippen molar-refractivity contribution in [2.45, 2.75) is 18.1 Å². The quantitative estimate of drug-likeness (QED) is 0.824. The van der Waals surface area contributed by atoms with Gasteiger partial charge in [-0.15, -0.1) is 3.89 Å². The van der Waals surface area contributed by atoms with Gasteiger partial charge >= 0.3 is 10.2 Å². The molecule has 1 heterocycles. The SMILES string of the molecule is O=C1CC(S(=O)(=O)F)CN1c1ccc(CCO)cc1. The maximum Gasteiger partial charge on any atom is 0.307 e. The predicted octanol–water partition coefficient (Wildman–Crippen LogP) is 0.626. The molecule has 0 spiro atoms. The molecule has 1 amide bonds. The first-order valence-electron chi connectivity index (χ1n) is 5.85. The van der Waals surface area contributed by atoms with Gasteiger partial charge in [0.1, 0.15) is 5.25 Å². The number of carbonyl (C=O) groups excluding carboxylic acids is 1. The number of hydrogen-bond acceptors (Lipinski definition) is 4. The summed E-state index contributed by atoms with van der Waals surface area (Å²) in [5.41, 5.74) is 1.45. The molecule has 1 aliphatic rings. The Morgan fingerprint density at radius 3 is 2.42 bits per heavy atom. The molecule has 1 aromatic rings. The van der Waals surface area contributed by atoms with Crippen molar-refractivity contribution in [2.24, 2.45) is 0 Å². The zero-order valence-electron chi connectivity index (χ0n) is 10.1. The minimum absolute atomic E-state index is 0.0319. The van der Waals surface area contributed by atoms with Gasteiger partial charge in [0.05, 0.1) is 0 Å². The molecule has 104 valence electrons. The fourth-order valence-corrected chi connectivity index (χ4v) is 2.75. The molecule has 19 heavy (non-hydrogen) atoms. The number of nitrogens with zero attached hydrogens (tertiary/aromatic N) is 1. The van der Waals surface area contributed by atoms with Gasteiger partial charge in [-0.05, 0) is 24.1 Å². The number of anilines is 1. The van der Waals surface area contributed by atoms with Gasteiger partial charge in [-0.25, -0.2) is 0 Å². The van der Waals surface area contributed by atoms with Crippen molar-refractivity contribution in [3.05, 3.63) is 29.8 Å². The molecule has 1 saturated heterocycles. The first-order valence-corrected chi connectivity index (χ1v) is 7.30. The highest BCUT2D eigenvalue weighted by atomic mass is 32.3. The lowest BCUT2D eigenvalue weighted by molar-refractivity contribution is -0.117. The number of hydrogen-bond donors (Lipinski definition) is 1. The molecule has 1 atom stereocenters. The van der Waals surface area contributed by atoms with Crippen LogP contribution in [-0.4, -0.2) is 37.8 Å². The Bertz CT molecular complexity index is 570. The van der Waals surface area contributed by atoms with Gasteiger partial charge in [0.25, 0.3) is 0 Å². The van der Waals surface area contributed by atoms with Crippen LogP contribution in [0.3, 0.4) is 0 Å². The fraction of sp³-hybridized carbons (Fsp3) is 0.417. The Morgan fingerprint density at radius 2 is 1.95 bits per heavy atom. The van der Waals surface area contributed by atoms with E-state index in [2.05, 4.69) is 0 Å². The van der Waals surface area contributed by atoms with Gasteiger partial charge in [0.2, 0.25) is 5.91 Å². The first kappa shape index (κ1) is 14.0. The van der Waals surface area contributed by atoms with Crippen LogP contribution in [0.2, 0.25) is 0 Å². The number of rotatable bonds is 4. The van der Waals surface area contributed by atoms with Crippen LogP contribution in [0.25, 0.3) is 0 Å². The maximum atomic E-state index is 12.9. The molecule has 1 fully saturated rings. The summed E-state index contributed by atoms with van der Waals surface area (Å²) in [5.74, 6) is -0.402. The van der Waals surface area contributed by atoms with Crippen LogP contribution < -0.4 is 4.90 Å². The fourth-order valence-electron chi connectivity index (χ4n) is 2.08. The summed E-state index contributed by atoms with van der Waals surface area (Å²) < 4.78 is 34.5. The third-order valence-corrected chi connectivity index (χ3v) is 4.25. The Balaban J connectivity index is 2.16. The van der Waals surface area contributed by atoms with Crippen molar-refractivity contribution in [2.75, 3.05) is 18.1 Å². The van der Waals surface area contributed by atoms with Gasteiger partial charge < -0.3 is 10.0 Å². The summed E-state index contributed by atoms with van der Waals surface area (Å²) in [4.78, 5) is 13.0. The second-order valence-electron chi connectivity index (χ2n) is 4.45. The van der Waals surface area contributed by atoms with E-state index in [9.17, 15) is 17.1 Å². The zero-order valence-corrected chi connectivity index (χ0v) is 10.9. The normalized spacial score (nSPS) is 20.0. The molecular formula is C12H14FNO4S. The van der Waals surface area contributed by atoms with Crippen molar-refractivity contribution >= 4 is 21.8 Å². The molecule has 0 radical (unpaired) electrons. The summed E-state index contributed by atoms with van der Waals surface area (Å²) in [6.45, 7) is -0.124. The minimum atomic E-state index is -4.69. The number of aliphatic hydroxyl groups is 1. The molecule has 0 aliphatic carbocycles. The van der Waals surface area contributed by atoms with E-state index in [-0.39, 0.29) is 19.6 Å². The van der Waals surface area contributed by atoms with Crippen molar-refractivity contribution < 1.29 is 22.2 Å². The average molecular weight is 287 g/mol. The van der Waals surface area contributed by atoms with E-state index in [1.807, 2.05) is 0 Å². The summed E-state index contributed by atoms with van der Waals surface area (Å²) in [7, 11) is -4.69. The van der Waals surface area contributed by atoms with E-state index < -0.39 is 21.4 Å². The Kier molecular flexibility index (Phi) is 3.86. The third-order valence-electron chi connectivity index (χ3n) is 3.14. The van der Waals surface area contributed by atoms with Crippen LogP contribution in [0.5, 0.6) is 0 Å². The van der Waals surface area contributed by atoms with Crippen LogP contribution in [0.15, 0.2) is 24.3 Å². The standard InChI is InChI=1S/C12H14FNO4S/c13-19(17,18)11-7-12(16)14(8-11)10-3-1-9(2-4-10)5-6-15/h1-4,11,15H,5-8H2. The second kappa shape index (κ2) is 5.26. The third kappa shape index (κ3) is 3.10. The number of halogens is 1. The highest BCUT2D eigenvalue weighted by Gasteiger charge is 2.38. The average Bonchev–Trinajstić information content (AvgIpc) is 2.73. The zero-order chi connectivity index (χ0) is 14.0. The lowest BCUT2D eigenvalue weighted by atomic mass is 10.1. The van der Waals surface area contributed by atoms with Gasteiger partial charge in [-0.2, -0.15) is 8.42 Å². The number of benzene rings is 1. The summed E-state index contributed by atoms with van der Waals surface area (Å²) >= 11 is 0. The molecule has 7 heteroatoms. The minimum Gasteiger partial charge on any atom is -0.396 e. The van der Waals surface area contributed by atoms with Gasteiger partial charge in [0.15, 0.2) is 0 Å². The molecule has 0 aromatic heterocycles. The molecule has 2 rings (SSSR count). The maximum absolute atomic E-state index is 12.9. The summed E-state index contributed by atoms with van der Waals surface area (Å²) in [6, 6.07) is 6.82. The molecule has 0 saturated carbocycles. The van der Waals surface area contributed by atoms with E-state index in [0.29, 0.717) is 12.1 Å². The van der Waals surface area contributed by atoms with Gasteiger partial charge in [0, 0.05) is 25.3 Å². The lowest BCUT2D eigenvalue weighted by Gasteiger charge is -2.16. The van der Waals surface area contributed by atoms with Crippen molar-refractivity contribution in [3.63, 3.8) is 0 Å². The van der Waals surface area contributed by atoms with Crippen LogP contribution in [-0.2, 0) is 21.4 Å². The van der Waals surface area contributed by atoms with Crippen LogP contribution >= 0.6 is 0 Å². The molecule has 1 N–H and O–H groups in total. The molecule has 5 nitrogen and oxygen atoms in total. The van der Waals surface area contributed by atoms with E-state index in [4.69, 9.17) is 5.11 Å². The van der Waals surface area contributed by atoms with E-state index in [1.54, 1.807) is 24.3 Å². The largest absolute Gasteiger partial charge is 0.396 e. The summed E-state index contributed by atoms with van der Waals surface area (Å²) in [6.07, 6.45) is 0.187. The first-order chi connectivity index (χ1) is 8.91. The lowest BCUT2D eigenvalue weighted by Crippen LogP contribution is -2.26. The van der Waals surface area contributed by atoms with E-state index in [0.717, 1.165) is 5.56 Å². The smallest absolute Gasteiger partial charge is 0.307 e. The number of carbonyl (C=O) groups is 1. The highest BCUT2D eigenvalue weighted by molar-refractivity contribution is 7.87. The van der Waals surface area contributed by atoms with Gasteiger partial charge in [-0.1, -0.05) is 12.1 Å². The van der Waals surface area contributed by atoms with Crippen molar-refractivity contribution in [1.82, 2.24) is 0 Å². The molecule has 1 unspecified atom stereocenters. The summed E-state index contributed by atoms with van der Waals surface area (Å²) in [5, 5.41) is 7.51. The monoisotopic (exact) mass is 287 g/mol. The van der Waals surface area contributed by atoms with E-state index in [1.165, 1.54) is 4.90 Å². The second-order valence-corrected chi connectivity index (χ2v) is 6.06.